The van der Waals surface area contributed by atoms with Gasteiger partial charge in [0, 0.05) is 0 Å². The first-order chi connectivity index (χ1) is 17.4. The standard InChI is InChI=1S/C35H62Si/c1-24-21-32-28(26-13-7-5-8-14-26)17-11-19-30(32)34(24)23-36(3,4)35-25(2)22-33-29(18-12-20-31(33)35)27-15-9-6-10-16-27/h24-35H,5-23H2,1-4H3. The van der Waals surface area contributed by atoms with Gasteiger partial charge in [0.25, 0.3) is 0 Å². The molecule has 0 aromatic carbocycles. The Morgan fingerprint density at radius 3 is 1.53 bits per heavy atom. The predicted molar refractivity (Wildman–Crippen MR) is 159 cm³/mol. The van der Waals surface area contributed by atoms with Crippen molar-refractivity contribution >= 4 is 8.07 Å². The lowest BCUT2D eigenvalue weighted by Crippen LogP contribution is -2.43. The van der Waals surface area contributed by atoms with Crippen molar-refractivity contribution in [1.82, 2.24) is 0 Å². The fourth-order valence-electron chi connectivity index (χ4n) is 13.1. The lowest BCUT2D eigenvalue weighted by molar-refractivity contribution is 0.0866. The first kappa shape index (κ1) is 26.4. The van der Waals surface area contributed by atoms with Gasteiger partial charge in [-0.3, -0.25) is 0 Å². The smallest absolute Gasteiger partial charge is 0.0513 e. The molecular formula is C35H62Si. The van der Waals surface area contributed by atoms with E-state index in [-0.39, 0.29) is 0 Å². The molecule has 6 rings (SSSR count). The molecule has 10 atom stereocenters. The molecule has 0 radical (unpaired) electrons. The van der Waals surface area contributed by atoms with Crippen LogP contribution in [0.1, 0.15) is 129 Å². The molecule has 0 amide bonds. The highest BCUT2D eigenvalue weighted by molar-refractivity contribution is 6.79. The summed E-state index contributed by atoms with van der Waals surface area (Å²) in [5.74, 6) is 12.1. The van der Waals surface area contributed by atoms with Crippen LogP contribution >= 0.6 is 0 Å². The van der Waals surface area contributed by atoms with E-state index >= 15 is 0 Å². The van der Waals surface area contributed by atoms with Gasteiger partial charge < -0.3 is 0 Å². The minimum absolute atomic E-state index is 1.02. The molecule has 0 saturated heterocycles. The lowest BCUT2D eigenvalue weighted by atomic mass is 9.64. The van der Waals surface area contributed by atoms with Gasteiger partial charge in [-0.1, -0.05) is 116 Å². The van der Waals surface area contributed by atoms with Crippen LogP contribution in [0.2, 0.25) is 24.7 Å². The maximum absolute atomic E-state index is 2.91. The molecule has 0 bridgehead atoms. The molecule has 0 heterocycles. The highest BCUT2D eigenvalue weighted by atomic mass is 28.3. The van der Waals surface area contributed by atoms with Gasteiger partial charge in [-0.25, -0.2) is 0 Å². The van der Waals surface area contributed by atoms with Gasteiger partial charge in [-0.05, 0) is 103 Å². The third-order valence-electron chi connectivity index (χ3n) is 14.2. The molecule has 6 aliphatic carbocycles. The maximum atomic E-state index is 2.91. The van der Waals surface area contributed by atoms with Crippen LogP contribution in [0.25, 0.3) is 0 Å². The summed E-state index contributed by atoms with van der Waals surface area (Å²) in [5.41, 5.74) is 1.14. The average Bonchev–Trinajstić information content (AvgIpc) is 3.40. The molecule has 6 saturated carbocycles. The summed E-state index contributed by atoms with van der Waals surface area (Å²) in [6.07, 6.45) is 28.3. The van der Waals surface area contributed by atoms with Crippen molar-refractivity contribution in [2.45, 2.75) is 154 Å². The van der Waals surface area contributed by atoms with Gasteiger partial charge in [0.2, 0.25) is 0 Å². The third-order valence-corrected chi connectivity index (χ3v) is 18.5. The van der Waals surface area contributed by atoms with E-state index in [1.807, 2.05) is 0 Å². The van der Waals surface area contributed by atoms with E-state index in [4.69, 9.17) is 0 Å². The van der Waals surface area contributed by atoms with Crippen LogP contribution in [0, 0.1) is 65.1 Å². The van der Waals surface area contributed by atoms with E-state index in [0.717, 1.165) is 70.6 Å². The Hall–Kier alpha value is 0.217. The van der Waals surface area contributed by atoms with Crippen LogP contribution < -0.4 is 0 Å². The van der Waals surface area contributed by atoms with Crippen molar-refractivity contribution in [1.29, 1.82) is 0 Å². The number of fused-ring (bicyclic) bond motifs is 2. The second-order valence-electron chi connectivity index (χ2n) is 16.4. The van der Waals surface area contributed by atoms with Crippen molar-refractivity contribution < 1.29 is 0 Å². The Bertz CT molecular complexity index is 714. The average molecular weight is 511 g/mol. The zero-order chi connectivity index (χ0) is 24.9. The number of rotatable bonds is 5. The maximum Gasteiger partial charge on any atom is 0.0513 e. The Balaban J connectivity index is 1.16. The highest BCUT2D eigenvalue weighted by Gasteiger charge is 2.55. The molecule has 0 N–H and O–H groups in total. The van der Waals surface area contributed by atoms with Crippen molar-refractivity contribution in [2.24, 2.45) is 65.1 Å². The lowest BCUT2D eigenvalue weighted by Gasteiger charge is -2.46. The minimum Gasteiger partial charge on any atom is -0.0691 e. The first-order valence-corrected chi connectivity index (χ1v) is 20.7. The highest BCUT2D eigenvalue weighted by Crippen LogP contribution is 2.63. The van der Waals surface area contributed by atoms with E-state index in [2.05, 4.69) is 26.9 Å². The van der Waals surface area contributed by atoms with Crippen LogP contribution in [0.3, 0.4) is 0 Å². The second-order valence-corrected chi connectivity index (χ2v) is 21.5. The molecule has 0 aromatic heterocycles. The van der Waals surface area contributed by atoms with Crippen molar-refractivity contribution in [2.75, 3.05) is 0 Å². The van der Waals surface area contributed by atoms with E-state index in [0.29, 0.717) is 0 Å². The molecular weight excluding hydrogens is 448 g/mol. The van der Waals surface area contributed by atoms with E-state index in [1.165, 1.54) is 12.8 Å². The summed E-state index contributed by atoms with van der Waals surface area (Å²) in [6.45, 7) is 11.3. The van der Waals surface area contributed by atoms with E-state index in [9.17, 15) is 0 Å². The van der Waals surface area contributed by atoms with Crippen LogP contribution in [-0.4, -0.2) is 8.07 Å². The van der Waals surface area contributed by atoms with Crippen molar-refractivity contribution in [3.05, 3.63) is 0 Å². The number of hydrogen-bond donors (Lipinski definition) is 0. The monoisotopic (exact) mass is 510 g/mol. The summed E-state index contributed by atoms with van der Waals surface area (Å²) < 4.78 is 0. The topological polar surface area (TPSA) is 0 Å². The Morgan fingerprint density at radius 1 is 0.472 bits per heavy atom. The van der Waals surface area contributed by atoms with Crippen LogP contribution in [0.15, 0.2) is 0 Å². The summed E-state index contributed by atoms with van der Waals surface area (Å²) in [7, 11) is -1.27. The van der Waals surface area contributed by atoms with Crippen LogP contribution in [0.4, 0.5) is 0 Å². The molecule has 0 nitrogen and oxygen atoms in total. The van der Waals surface area contributed by atoms with Gasteiger partial charge >= 0.3 is 0 Å². The molecule has 6 aliphatic rings. The minimum atomic E-state index is -1.27. The predicted octanol–water partition coefficient (Wildman–Crippen LogP) is 11.0. The summed E-state index contributed by atoms with van der Waals surface area (Å²) in [5, 5.41) is 0. The van der Waals surface area contributed by atoms with Crippen molar-refractivity contribution in [3.8, 4) is 0 Å². The molecule has 0 aliphatic heterocycles. The first-order valence-electron chi connectivity index (χ1n) is 17.4. The third kappa shape index (κ3) is 4.96. The molecule has 6 fully saturated rings. The number of hydrogen-bond acceptors (Lipinski definition) is 0. The fourth-order valence-corrected chi connectivity index (χ4v) is 18.6. The molecule has 0 aromatic rings. The van der Waals surface area contributed by atoms with E-state index < -0.39 is 8.07 Å². The van der Waals surface area contributed by atoms with Crippen LogP contribution in [0.5, 0.6) is 0 Å². The molecule has 1 heteroatoms. The Kier molecular flexibility index (Phi) is 8.08. The van der Waals surface area contributed by atoms with Gasteiger partial charge in [0.15, 0.2) is 0 Å². The molecule has 206 valence electrons. The molecule has 10 unspecified atom stereocenters. The normalized spacial score (nSPS) is 47.0. The van der Waals surface area contributed by atoms with E-state index in [1.54, 1.807) is 109 Å². The molecule has 0 spiro atoms. The summed E-state index contributed by atoms with van der Waals surface area (Å²) in [6, 6.07) is 1.69. The Labute approximate surface area is 226 Å². The quantitative estimate of drug-likeness (QED) is 0.322. The molecule has 36 heavy (non-hydrogen) atoms. The SMILES string of the molecule is CC1CC2C(C3CCCCC3)CCCC2C1C[Si](C)(C)C1C(C)CC2C(C3CCCCC3)CCCC21. The van der Waals surface area contributed by atoms with Crippen LogP contribution in [-0.2, 0) is 0 Å². The summed E-state index contributed by atoms with van der Waals surface area (Å²) >= 11 is 0. The second kappa shape index (κ2) is 11.0. The summed E-state index contributed by atoms with van der Waals surface area (Å²) in [4.78, 5) is 0. The zero-order valence-electron chi connectivity index (χ0n) is 24.9. The van der Waals surface area contributed by atoms with Gasteiger partial charge in [-0.2, -0.15) is 0 Å². The zero-order valence-corrected chi connectivity index (χ0v) is 25.9. The van der Waals surface area contributed by atoms with Gasteiger partial charge in [0.05, 0.1) is 8.07 Å². The Morgan fingerprint density at radius 2 is 0.944 bits per heavy atom. The van der Waals surface area contributed by atoms with Crippen molar-refractivity contribution in [3.63, 3.8) is 0 Å². The van der Waals surface area contributed by atoms with Gasteiger partial charge in [-0.15, -0.1) is 0 Å². The van der Waals surface area contributed by atoms with Gasteiger partial charge in [0.1, 0.15) is 0 Å². The fraction of sp³-hybridized carbons (Fsp3) is 1.00. The largest absolute Gasteiger partial charge is 0.0691 e.